The zero-order valence-electron chi connectivity index (χ0n) is 11.0. The van der Waals surface area contributed by atoms with Gasteiger partial charge in [-0.05, 0) is 30.5 Å². The fraction of sp³-hybridized carbons (Fsp3) is 0.176. The topological polar surface area (TPSA) is 12.0 Å². The summed E-state index contributed by atoms with van der Waals surface area (Å²) in [7, 11) is 0. The highest BCUT2D eigenvalue weighted by atomic mass is 14.9. The van der Waals surface area contributed by atoms with Crippen LogP contribution in [0.4, 0.5) is 5.69 Å². The molecule has 0 saturated heterocycles. The maximum atomic E-state index is 3.46. The SMILES string of the molecule is Cc1cccc(C)c1NCC=Cc1ccccc1. The summed E-state index contributed by atoms with van der Waals surface area (Å²) in [5.74, 6) is 0. The first-order valence-corrected chi connectivity index (χ1v) is 6.29. The van der Waals surface area contributed by atoms with Crippen molar-refractivity contribution in [3.05, 3.63) is 71.3 Å². The Morgan fingerprint density at radius 2 is 1.56 bits per heavy atom. The van der Waals surface area contributed by atoms with Crippen molar-refractivity contribution in [2.45, 2.75) is 13.8 Å². The molecule has 0 fully saturated rings. The number of nitrogens with one attached hydrogen (secondary N) is 1. The zero-order valence-corrected chi connectivity index (χ0v) is 11.0. The lowest BCUT2D eigenvalue weighted by Crippen LogP contribution is -2.01. The Bertz CT molecular complexity index is 506. The van der Waals surface area contributed by atoms with Crippen molar-refractivity contribution in [1.82, 2.24) is 0 Å². The molecule has 0 aromatic heterocycles. The molecular weight excluding hydrogens is 218 g/mol. The zero-order chi connectivity index (χ0) is 12.8. The smallest absolute Gasteiger partial charge is 0.0402 e. The van der Waals surface area contributed by atoms with E-state index in [1.165, 1.54) is 22.4 Å². The maximum absolute atomic E-state index is 3.46. The summed E-state index contributed by atoms with van der Waals surface area (Å²) in [6.07, 6.45) is 4.29. The van der Waals surface area contributed by atoms with Crippen molar-refractivity contribution in [1.29, 1.82) is 0 Å². The first kappa shape index (κ1) is 12.4. The van der Waals surface area contributed by atoms with E-state index >= 15 is 0 Å². The van der Waals surface area contributed by atoms with Crippen molar-refractivity contribution in [3.63, 3.8) is 0 Å². The third kappa shape index (κ3) is 3.24. The Morgan fingerprint density at radius 3 is 2.22 bits per heavy atom. The first-order valence-electron chi connectivity index (χ1n) is 6.29. The van der Waals surface area contributed by atoms with Gasteiger partial charge in [0.2, 0.25) is 0 Å². The van der Waals surface area contributed by atoms with Crippen molar-refractivity contribution in [2.75, 3.05) is 11.9 Å². The van der Waals surface area contributed by atoms with Gasteiger partial charge in [0.1, 0.15) is 0 Å². The monoisotopic (exact) mass is 237 g/mol. The van der Waals surface area contributed by atoms with Crippen LogP contribution in [0, 0.1) is 13.8 Å². The summed E-state index contributed by atoms with van der Waals surface area (Å²) in [4.78, 5) is 0. The van der Waals surface area contributed by atoms with Gasteiger partial charge in [-0.25, -0.2) is 0 Å². The third-order valence-corrected chi connectivity index (χ3v) is 2.99. The molecular formula is C17H19N. The number of anilines is 1. The van der Waals surface area contributed by atoms with Crippen LogP contribution in [-0.4, -0.2) is 6.54 Å². The molecule has 0 aliphatic carbocycles. The van der Waals surface area contributed by atoms with E-state index in [1.807, 2.05) is 6.07 Å². The molecule has 0 atom stereocenters. The van der Waals surface area contributed by atoms with Crippen LogP contribution in [0.15, 0.2) is 54.6 Å². The number of benzene rings is 2. The van der Waals surface area contributed by atoms with E-state index in [0.29, 0.717) is 0 Å². The number of hydrogen-bond donors (Lipinski definition) is 1. The van der Waals surface area contributed by atoms with E-state index in [9.17, 15) is 0 Å². The lowest BCUT2D eigenvalue weighted by molar-refractivity contribution is 1.27. The van der Waals surface area contributed by atoms with Gasteiger partial charge < -0.3 is 5.32 Å². The molecule has 1 heteroatoms. The quantitative estimate of drug-likeness (QED) is 0.829. The molecule has 18 heavy (non-hydrogen) atoms. The number of aryl methyl sites for hydroxylation is 2. The van der Waals surface area contributed by atoms with Crippen molar-refractivity contribution >= 4 is 11.8 Å². The van der Waals surface area contributed by atoms with Gasteiger partial charge in [0, 0.05) is 12.2 Å². The second kappa shape index (κ2) is 6.06. The normalized spacial score (nSPS) is 10.8. The van der Waals surface area contributed by atoms with Gasteiger partial charge in [-0.3, -0.25) is 0 Å². The Balaban J connectivity index is 1.95. The summed E-state index contributed by atoms with van der Waals surface area (Å²) in [5, 5.41) is 3.46. The van der Waals surface area contributed by atoms with Gasteiger partial charge in [-0.1, -0.05) is 60.7 Å². The lowest BCUT2D eigenvalue weighted by Gasteiger charge is -2.10. The molecule has 1 N–H and O–H groups in total. The average Bonchev–Trinajstić information content (AvgIpc) is 2.38. The summed E-state index contributed by atoms with van der Waals surface area (Å²) < 4.78 is 0. The van der Waals surface area contributed by atoms with Gasteiger partial charge in [0.05, 0.1) is 0 Å². The van der Waals surface area contributed by atoms with Gasteiger partial charge in [0.15, 0.2) is 0 Å². The van der Waals surface area contributed by atoms with Crippen LogP contribution >= 0.6 is 0 Å². The van der Waals surface area contributed by atoms with E-state index in [0.717, 1.165) is 6.54 Å². The van der Waals surface area contributed by atoms with Crippen LogP contribution in [0.5, 0.6) is 0 Å². The minimum Gasteiger partial charge on any atom is -0.381 e. The van der Waals surface area contributed by atoms with Gasteiger partial charge in [-0.15, -0.1) is 0 Å². The molecule has 2 aromatic carbocycles. The van der Waals surface area contributed by atoms with Crippen molar-refractivity contribution in [2.24, 2.45) is 0 Å². The second-order valence-corrected chi connectivity index (χ2v) is 4.46. The Labute approximate surface area is 109 Å². The molecule has 0 unspecified atom stereocenters. The summed E-state index contributed by atoms with van der Waals surface area (Å²) >= 11 is 0. The lowest BCUT2D eigenvalue weighted by atomic mass is 10.1. The molecule has 0 aliphatic rings. The number of rotatable bonds is 4. The van der Waals surface area contributed by atoms with E-state index in [1.54, 1.807) is 0 Å². The van der Waals surface area contributed by atoms with E-state index in [4.69, 9.17) is 0 Å². The van der Waals surface area contributed by atoms with Gasteiger partial charge in [0.25, 0.3) is 0 Å². The third-order valence-electron chi connectivity index (χ3n) is 2.99. The van der Waals surface area contributed by atoms with Crippen LogP contribution in [-0.2, 0) is 0 Å². The summed E-state index contributed by atoms with van der Waals surface area (Å²) in [5.41, 5.74) is 5.07. The fourth-order valence-electron chi connectivity index (χ4n) is 2.01. The fourth-order valence-corrected chi connectivity index (χ4v) is 2.01. The van der Waals surface area contributed by atoms with E-state index in [-0.39, 0.29) is 0 Å². The molecule has 2 aromatic rings. The molecule has 0 spiro atoms. The Hall–Kier alpha value is -2.02. The highest BCUT2D eigenvalue weighted by Crippen LogP contribution is 2.18. The molecule has 0 bridgehead atoms. The van der Waals surface area contributed by atoms with Crippen LogP contribution in [0.2, 0.25) is 0 Å². The molecule has 2 rings (SSSR count). The summed E-state index contributed by atoms with van der Waals surface area (Å²) in [6.45, 7) is 5.12. The molecule has 0 heterocycles. The molecule has 0 saturated carbocycles. The predicted molar refractivity (Wildman–Crippen MR) is 79.9 cm³/mol. The van der Waals surface area contributed by atoms with Crippen LogP contribution in [0.3, 0.4) is 0 Å². The average molecular weight is 237 g/mol. The Morgan fingerprint density at radius 1 is 0.889 bits per heavy atom. The number of hydrogen-bond acceptors (Lipinski definition) is 1. The van der Waals surface area contributed by atoms with Crippen LogP contribution in [0.25, 0.3) is 6.08 Å². The minimum absolute atomic E-state index is 0.848. The first-order chi connectivity index (χ1) is 8.77. The minimum atomic E-state index is 0.848. The molecule has 0 amide bonds. The standard InChI is InChI=1S/C17H19N/c1-14-8-6-9-15(2)17(14)18-13-7-12-16-10-4-3-5-11-16/h3-12,18H,13H2,1-2H3. The van der Waals surface area contributed by atoms with Gasteiger partial charge in [-0.2, -0.15) is 0 Å². The van der Waals surface area contributed by atoms with E-state index < -0.39 is 0 Å². The highest BCUT2D eigenvalue weighted by molar-refractivity contribution is 5.58. The maximum Gasteiger partial charge on any atom is 0.0402 e. The largest absolute Gasteiger partial charge is 0.381 e. The molecule has 92 valence electrons. The molecule has 1 nitrogen and oxygen atoms in total. The number of para-hydroxylation sites is 1. The van der Waals surface area contributed by atoms with Crippen LogP contribution < -0.4 is 5.32 Å². The van der Waals surface area contributed by atoms with Crippen LogP contribution in [0.1, 0.15) is 16.7 Å². The predicted octanol–water partition coefficient (Wildman–Crippen LogP) is 4.43. The van der Waals surface area contributed by atoms with Crippen molar-refractivity contribution < 1.29 is 0 Å². The summed E-state index contributed by atoms with van der Waals surface area (Å²) in [6, 6.07) is 16.7. The molecule has 0 radical (unpaired) electrons. The van der Waals surface area contributed by atoms with Crippen molar-refractivity contribution in [3.8, 4) is 0 Å². The van der Waals surface area contributed by atoms with E-state index in [2.05, 4.69) is 73.8 Å². The highest BCUT2D eigenvalue weighted by Gasteiger charge is 1.98. The molecule has 0 aliphatic heterocycles. The van der Waals surface area contributed by atoms with Gasteiger partial charge >= 0.3 is 0 Å². The second-order valence-electron chi connectivity index (χ2n) is 4.46. The Kier molecular flexibility index (Phi) is 4.19.